The van der Waals surface area contributed by atoms with Gasteiger partial charge in [0.1, 0.15) is 17.7 Å². The Kier molecular flexibility index (Phi) is 5.93. The molecule has 1 aromatic carbocycles. The Morgan fingerprint density at radius 1 is 1.27 bits per heavy atom. The van der Waals surface area contributed by atoms with E-state index >= 15 is 0 Å². The number of hydrogen-bond acceptors (Lipinski definition) is 5. The van der Waals surface area contributed by atoms with Gasteiger partial charge in [-0.3, -0.25) is 0 Å². The average Bonchev–Trinajstić information content (AvgIpc) is 2.42. The molecule has 0 saturated carbocycles. The van der Waals surface area contributed by atoms with E-state index in [9.17, 15) is 19.8 Å². The van der Waals surface area contributed by atoms with E-state index in [0.717, 1.165) is 12.0 Å². The SMILES string of the molecule is CCc1ccc([C@@H](O)[C@H](NC(=O)OC(C)(C)C)C(=O)[O-])cc1. The van der Waals surface area contributed by atoms with Gasteiger partial charge in [0, 0.05) is 0 Å². The predicted octanol–water partition coefficient (Wildman–Crippen LogP) is 0.926. The summed E-state index contributed by atoms with van der Waals surface area (Å²) in [5.41, 5.74) is 0.664. The third-order valence-electron chi connectivity index (χ3n) is 2.97. The Bertz CT molecular complexity index is 518. The molecular formula is C16H22NO5-. The van der Waals surface area contributed by atoms with Crippen LogP contribution in [0.5, 0.6) is 0 Å². The molecule has 0 saturated heterocycles. The van der Waals surface area contributed by atoms with Gasteiger partial charge in [-0.2, -0.15) is 0 Å². The highest BCUT2D eigenvalue weighted by molar-refractivity contribution is 5.79. The van der Waals surface area contributed by atoms with Crippen LogP contribution < -0.4 is 10.4 Å². The third-order valence-corrected chi connectivity index (χ3v) is 2.97. The van der Waals surface area contributed by atoms with E-state index in [-0.39, 0.29) is 0 Å². The second kappa shape index (κ2) is 7.26. The van der Waals surface area contributed by atoms with E-state index in [1.54, 1.807) is 45.0 Å². The number of hydrogen-bond donors (Lipinski definition) is 2. The molecule has 1 rings (SSSR count). The van der Waals surface area contributed by atoms with E-state index in [2.05, 4.69) is 5.32 Å². The molecule has 2 N–H and O–H groups in total. The fourth-order valence-electron chi connectivity index (χ4n) is 1.84. The van der Waals surface area contributed by atoms with Crippen molar-refractivity contribution >= 4 is 12.1 Å². The lowest BCUT2D eigenvalue weighted by molar-refractivity contribution is -0.310. The maximum Gasteiger partial charge on any atom is 0.408 e. The molecular weight excluding hydrogens is 286 g/mol. The predicted molar refractivity (Wildman–Crippen MR) is 78.9 cm³/mol. The number of aliphatic hydroxyl groups is 1. The summed E-state index contributed by atoms with van der Waals surface area (Å²) in [5.74, 6) is -1.59. The zero-order chi connectivity index (χ0) is 16.9. The summed E-state index contributed by atoms with van der Waals surface area (Å²) >= 11 is 0. The Morgan fingerprint density at radius 2 is 1.82 bits per heavy atom. The van der Waals surface area contributed by atoms with Crippen molar-refractivity contribution in [2.24, 2.45) is 0 Å². The van der Waals surface area contributed by atoms with Crippen LogP contribution in [-0.4, -0.2) is 28.8 Å². The molecule has 6 heteroatoms. The fraction of sp³-hybridized carbons (Fsp3) is 0.500. The number of aliphatic carboxylic acids is 1. The minimum Gasteiger partial charge on any atom is -0.548 e. The Labute approximate surface area is 130 Å². The van der Waals surface area contributed by atoms with Gasteiger partial charge in [0.2, 0.25) is 0 Å². The van der Waals surface area contributed by atoms with Crippen molar-refractivity contribution < 1.29 is 24.5 Å². The highest BCUT2D eigenvalue weighted by Crippen LogP contribution is 2.18. The van der Waals surface area contributed by atoms with E-state index < -0.39 is 29.8 Å². The number of carboxylic acids is 1. The number of alkyl carbamates (subject to hydrolysis) is 1. The van der Waals surface area contributed by atoms with Gasteiger partial charge in [0.15, 0.2) is 0 Å². The van der Waals surface area contributed by atoms with Gasteiger partial charge in [-0.1, -0.05) is 31.2 Å². The van der Waals surface area contributed by atoms with Crippen molar-refractivity contribution in [2.45, 2.75) is 51.9 Å². The molecule has 0 unspecified atom stereocenters. The fourth-order valence-corrected chi connectivity index (χ4v) is 1.84. The largest absolute Gasteiger partial charge is 0.548 e. The molecule has 0 aliphatic carbocycles. The lowest BCUT2D eigenvalue weighted by atomic mass is 10.0. The Hall–Kier alpha value is -2.08. The number of aryl methyl sites for hydroxylation is 1. The first kappa shape index (κ1) is 18.0. The zero-order valence-corrected chi connectivity index (χ0v) is 13.3. The first-order valence-corrected chi connectivity index (χ1v) is 7.11. The number of benzene rings is 1. The first-order chi connectivity index (χ1) is 10.1. The molecule has 22 heavy (non-hydrogen) atoms. The molecule has 0 heterocycles. The highest BCUT2D eigenvalue weighted by Gasteiger charge is 2.26. The summed E-state index contributed by atoms with van der Waals surface area (Å²) in [6.07, 6.45) is -1.52. The normalized spacial score (nSPS) is 14.0. The minimum atomic E-state index is -1.60. The summed E-state index contributed by atoms with van der Waals surface area (Å²) in [4.78, 5) is 22.9. The number of nitrogens with one attached hydrogen (secondary N) is 1. The van der Waals surface area contributed by atoms with Crippen molar-refractivity contribution in [2.75, 3.05) is 0 Å². The van der Waals surface area contributed by atoms with Crippen molar-refractivity contribution in [1.29, 1.82) is 0 Å². The molecule has 6 nitrogen and oxygen atoms in total. The monoisotopic (exact) mass is 308 g/mol. The number of ether oxygens (including phenoxy) is 1. The second-order valence-corrected chi connectivity index (χ2v) is 5.98. The number of aliphatic hydroxyl groups excluding tert-OH is 1. The van der Waals surface area contributed by atoms with Gasteiger partial charge in [0.05, 0.1) is 5.97 Å². The summed E-state index contributed by atoms with van der Waals surface area (Å²) in [5, 5.41) is 23.5. The van der Waals surface area contributed by atoms with Gasteiger partial charge < -0.3 is 25.1 Å². The molecule has 0 fully saturated rings. The molecule has 122 valence electrons. The van der Waals surface area contributed by atoms with E-state index in [0.29, 0.717) is 5.56 Å². The standard InChI is InChI=1S/C16H23NO5/c1-5-10-6-8-11(9-7-10)13(18)12(14(19)20)17-15(21)22-16(2,3)4/h6-9,12-13,18H,5H2,1-4H3,(H,17,21)(H,19,20)/p-1/t12-,13+/m0/s1. The minimum absolute atomic E-state index is 0.377. The van der Waals surface area contributed by atoms with Crippen LogP contribution in [0.2, 0.25) is 0 Å². The van der Waals surface area contributed by atoms with Crippen molar-refractivity contribution in [3.8, 4) is 0 Å². The van der Waals surface area contributed by atoms with E-state index in [1.807, 2.05) is 6.92 Å². The quantitative estimate of drug-likeness (QED) is 0.843. The first-order valence-electron chi connectivity index (χ1n) is 7.11. The summed E-state index contributed by atoms with van der Waals surface area (Å²) in [7, 11) is 0. The van der Waals surface area contributed by atoms with E-state index in [4.69, 9.17) is 4.74 Å². The Morgan fingerprint density at radius 3 is 2.23 bits per heavy atom. The number of carbonyl (C=O) groups excluding carboxylic acids is 2. The molecule has 0 spiro atoms. The van der Waals surface area contributed by atoms with Crippen molar-refractivity contribution in [1.82, 2.24) is 5.32 Å². The third kappa shape index (κ3) is 5.37. The molecule has 0 aliphatic rings. The van der Waals surface area contributed by atoms with Crippen LogP contribution in [0.15, 0.2) is 24.3 Å². The number of carbonyl (C=O) groups is 2. The summed E-state index contributed by atoms with van der Waals surface area (Å²) in [6.45, 7) is 6.95. The van der Waals surface area contributed by atoms with Crippen LogP contribution in [0.3, 0.4) is 0 Å². The van der Waals surface area contributed by atoms with Gasteiger partial charge in [0.25, 0.3) is 0 Å². The average molecular weight is 308 g/mol. The highest BCUT2D eigenvalue weighted by atomic mass is 16.6. The van der Waals surface area contributed by atoms with Crippen molar-refractivity contribution in [3.63, 3.8) is 0 Å². The van der Waals surface area contributed by atoms with Crippen LogP contribution in [0, 0.1) is 0 Å². The van der Waals surface area contributed by atoms with Crippen LogP contribution in [0.1, 0.15) is 44.9 Å². The van der Waals surface area contributed by atoms with Gasteiger partial charge >= 0.3 is 6.09 Å². The van der Waals surface area contributed by atoms with Crippen molar-refractivity contribution in [3.05, 3.63) is 35.4 Å². The van der Waals surface area contributed by atoms with Crippen LogP contribution >= 0.6 is 0 Å². The number of amides is 1. The van der Waals surface area contributed by atoms with Gasteiger partial charge in [-0.25, -0.2) is 4.79 Å². The Balaban J connectivity index is 2.85. The van der Waals surface area contributed by atoms with Gasteiger partial charge in [-0.15, -0.1) is 0 Å². The molecule has 0 aromatic heterocycles. The molecule has 0 aliphatic heterocycles. The van der Waals surface area contributed by atoms with Crippen LogP contribution in [-0.2, 0) is 16.0 Å². The number of carboxylic acid groups (broad SMARTS) is 1. The molecule has 0 radical (unpaired) electrons. The van der Waals surface area contributed by atoms with E-state index in [1.165, 1.54) is 0 Å². The maximum absolute atomic E-state index is 11.7. The topological polar surface area (TPSA) is 98.7 Å². The lowest BCUT2D eigenvalue weighted by Gasteiger charge is -2.27. The summed E-state index contributed by atoms with van der Waals surface area (Å²) in [6, 6.07) is 5.23. The van der Waals surface area contributed by atoms with Crippen LogP contribution in [0.4, 0.5) is 4.79 Å². The summed E-state index contributed by atoms with van der Waals surface area (Å²) < 4.78 is 4.99. The molecule has 1 aromatic rings. The number of rotatable bonds is 5. The molecule has 0 bridgehead atoms. The molecule has 1 amide bonds. The van der Waals surface area contributed by atoms with Gasteiger partial charge in [-0.05, 0) is 38.3 Å². The second-order valence-electron chi connectivity index (χ2n) is 5.98. The zero-order valence-electron chi connectivity index (χ0n) is 13.3. The molecule has 2 atom stereocenters. The smallest absolute Gasteiger partial charge is 0.408 e. The maximum atomic E-state index is 11.7. The lowest BCUT2D eigenvalue weighted by Crippen LogP contribution is -2.52. The van der Waals surface area contributed by atoms with Crippen LogP contribution in [0.25, 0.3) is 0 Å².